The van der Waals surface area contributed by atoms with Gasteiger partial charge in [0.15, 0.2) is 0 Å². The van der Waals surface area contributed by atoms with Crippen LogP contribution in [0.1, 0.15) is 30.8 Å². The van der Waals surface area contributed by atoms with Crippen molar-refractivity contribution in [2.24, 2.45) is 16.8 Å². The van der Waals surface area contributed by atoms with Gasteiger partial charge in [0.2, 0.25) is 0 Å². The van der Waals surface area contributed by atoms with E-state index >= 15 is 0 Å². The minimum absolute atomic E-state index is 0.498. The van der Waals surface area contributed by atoms with Crippen molar-refractivity contribution in [1.29, 1.82) is 0 Å². The molecule has 1 aromatic rings. The highest BCUT2D eigenvalue weighted by Gasteiger charge is 2.36. The van der Waals surface area contributed by atoms with Crippen molar-refractivity contribution in [3.05, 3.63) is 23.7 Å². The summed E-state index contributed by atoms with van der Waals surface area (Å²) in [6.45, 7) is 2.16. The summed E-state index contributed by atoms with van der Waals surface area (Å²) in [5, 5.41) is 3.56. The maximum atomic E-state index is 10.8. The summed E-state index contributed by atoms with van der Waals surface area (Å²) in [7, 11) is 0. The molecular weight excluding hydrogens is 222 g/mol. The van der Waals surface area contributed by atoms with Crippen LogP contribution in [-0.4, -0.2) is 18.0 Å². The molecule has 1 aliphatic carbocycles. The lowest BCUT2D eigenvalue weighted by molar-refractivity contribution is -0.137. The number of nitrogens with two attached hydrogens (primary N) is 1. The Morgan fingerprint density at radius 2 is 2.29 bits per heavy atom. The summed E-state index contributed by atoms with van der Waals surface area (Å²) in [5.74, 6) is 0.597. The van der Waals surface area contributed by atoms with Gasteiger partial charge in [-0.2, -0.15) is 5.10 Å². The number of rotatable bonds is 3. The maximum absolute atomic E-state index is 10.8. The molecule has 0 spiro atoms. The minimum Gasteiger partial charge on any atom is -0.460 e. The first-order valence-electron chi connectivity index (χ1n) is 5.30. The molecule has 2 atom stereocenters. The molecule has 2 rings (SSSR count). The van der Waals surface area contributed by atoms with Crippen LogP contribution in [0.25, 0.3) is 0 Å². The smallest absolute Gasteiger partial charge is 0.329 e. The van der Waals surface area contributed by atoms with E-state index in [2.05, 4.69) is 12.0 Å². The highest BCUT2D eigenvalue weighted by molar-refractivity contribution is 6.34. The second kappa shape index (κ2) is 4.40. The van der Waals surface area contributed by atoms with Gasteiger partial charge < -0.3 is 10.2 Å². The lowest BCUT2D eigenvalue weighted by atomic mass is 10.3. The predicted molar refractivity (Wildman–Crippen MR) is 60.2 cm³/mol. The Hall–Kier alpha value is -2.11. The number of nitrogens with one attached hydrogen (secondary N) is 1. The molecule has 0 aliphatic heterocycles. The first-order chi connectivity index (χ1) is 8.08. The molecule has 0 aromatic carbocycles. The molecule has 1 heterocycles. The normalized spacial score (nSPS) is 22.6. The summed E-state index contributed by atoms with van der Waals surface area (Å²) >= 11 is 0. The van der Waals surface area contributed by atoms with Crippen LogP contribution in [0.15, 0.2) is 21.7 Å². The zero-order valence-corrected chi connectivity index (χ0v) is 9.34. The maximum Gasteiger partial charge on any atom is 0.329 e. The largest absolute Gasteiger partial charge is 0.460 e. The van der Waals surface area contributed by atoms with Gasteiger partial charge in [0, 0.05) is 5.92 Å². The number of carbonyl (C=O) groups excluding carboxylic acids is 2. The number of nitrogens with zero attached hydrogens (tertiary/aromatic N) is 1. The summed E-state index contributed by atoms with van der Waals surface area (Å²) in [6, 6.07) is 3.66. The monoisotopic (exact) mass is 235 g/mol. The Morgan fingerprint density at radius 3 is 2.88 bits per heavy atom. The molecule has 2 amide bonds. The molecule has 0 bridgehead atoms. The van der Waals surface area contributed by atoms with Crippen molar-refractivity contribution in [3.8, 4) is 0 Å². The summed E-state index contributed by atoms with van der Waals surface area (Å²) < 4.78 is 5.50. The van der Waals surface area contributed by atoms with Crippen molar-refractivity contribution in [3.63, 3.8) is 0 Å². The molecule has 17 heavy (non-hydrogen) atoms. The molecule has 0 saturated heterocycles. The van der Waals surface area contributed by atoms with Gasteiger partial charge >= 0.3 is 11.8 Å². The average Bonchev–Trinajstić information content (AvgIpc) is 2.83. The van der Waals surface area contributed by atoms with Crippen molar-refractivity contribution >= 4 is 18.0 Å². The fraction of sp³-hybridized carbons (Fsp3) is 0.364. The third-order valence-electron chi connectivity index (χ3n) is 2.70. The Kier molecular flexibility index (Phi) is 2.95. The standard InChI is InChI=1S/C11H13N3O3/c1-6-4-8(6)9-3-2-7(17-9)5-13-14-11(16)10(12)15/h2-3,5-6,8H,4H2,1H3,(H2,12,15)(H,14,16)/b13-5-/t6-,8-/m1/s1. The summed E-state index contributed by atoms with van der Waals surface area (Å²) in [4.78, 5) is 21.2. The number of hydrogen-bond donors (Lipinski definition) is 2. The predicted octanol–water partition coefficient (Wildman–Crippen LogP) is 0.338. The number of furan rings is 1. The van der Waals surface area contributed by atoms with Crippen molar-refractivity contribution in [2.45, 2.75) is 19.3 Å². The van der Waals surface area contributed by atoms with Crippen molar-refractivity contribution in [1.82, 2.24) is 5.43 Å². The average molecular weight is 235 g/mol. The van der Waals surface area contributed by atoms with Gasteiger partial charge in [0.1, 0.15) is 11.5 Å². The van der Waals surface area contributed by atoms with E-state index in [9.17, 15) is 9.59 Å². The molecule has 1 aromatic heterocycles. The minimum atomic E-state index is -1.07. The van der Waals surface area contributed by atoms with Gasteiger partial charge in [-0.05, 0) is 24.5 Å². The van der Waals surface area contributed by atoms with E-state index < -0.39 is 11.8 Å². The van der Waals surface area contributed by atoms with Crippen LogP contribution in [0.4, 0.5) is 0 Å². The number of amides is 2. The molecule has 90 valence electrons. The fourth-order valence-corrected chi connectivity index (χ4v) is 1.57. The van der Waals surface area contributed by atoms with E-state index in [1.807, 2.05) is 11.5 Å². The Balaban J connectivity index is 1.90. The summed E-state index contributed by atoms with van der Waals surface area (Å²) in [6.07, 6.45) is 2.47. The quantitative estimate of drug-likeness (QED) is 0.449. The van der Waals surface area contributed by atoms with E-state index in [0.717, 1.165) is 12.2 Å². The molecule has 0 radical (unpaired) electrons. The zero-order valence-electron chi connectivity index (χ0n) is 9.34. The SMILES string of the molecule is C[C@@H]1C[C@H]1c1ccc(/C=N\NC(=O)C(N)=O)o1. The zero-order chi connectivity index (χ0) is 12.4. The second-order valence-corrected chi connectivity index (χ2v) is 4.12. The van der Waals surface area contributed by atoms with E-state index in [-0.39, 0.29) is 0 Å². The number of hydrogen-bond acceptors (Lipinski definition) is 4. The van der Waals surface area contributed by atoms with E-state index in [1.54, 1.807) is 6.07 Å². The van der Waals surface area contributed by atoms with Gasteiger partial charge in [-0.15, -0.1) is 0 Å². The fourth-order valence-electron chi connectivity index (χ4n) is 1.57. The first-order valence-corrected chi connectivity index (χ1v) is 5.30. The Labute approximate surface area is 97.9 Å². The number of hydrazone groups is 1. The molecule has 1 saturated carbocycles. The molecule has 0 unspecified atom stereocenters. The van der Waals surface area contributed by atoms with Gasteiger partial charge in [-0.1, -0.05) is 6.92 Å². The lowest BCUT2D eigenvalue weighted by Gasteiger charge is -1.92. The van der Waals surface area contributed by atoms with Gasteiger partial charge in [-0.3, -0.25) is 9.59 Å². The molecular formula is C11H13N3O3. The van der Waals surface area contributed by atoms with Crippen LogP contribution in [0.5, 0.6) is 0 Å². The van der Waals surface area contributed by atoms with Crippen LogP contribution >= 0.6 is 0 Å². The van der Waals surface area contributed by atoms with Gasteiger partial charge in [-0.25, -0.2) is 5.43 Å². The number of primary amides is 1. The van der Waals surface area contributed by atoms with Gasteiger partial charge in [0.05, 0.1) is 6.21 Å². The first kappa shape index (κ1) is 11.4. The molecule has 1 fully saturated rings. The van der Waals surface area contributed by atoms with Crippen LogP contribution in [0.2, 0.25) is 0 Å². The topological polar surface area (TPSA) is 97.7 Å². The highest BCUT2D eigenvalue weighted by atomic mass is 16.3. The van der Waals surface area contributed by atoms with E-state index in [1.165, 1.54) is 6.21 Å². The third kappa shape index (κ3) is 2.72. The molecule has 3 N–H and O–H groups in total. The third-order valence-corrected chi connectivity index (χ3v) is 2.70. The van der Waals surface area contributed by atoms with Crippen LogP contribution in [-0.2, 0) is 9.59 Å². The van der Waals surface area contributed by atoms with E-state index in [4.69, 9.17) is 10.2 Å². The van der Waals surface area contributed by atoms with Crippen LogP contribution < -0.4 is 11.2 Å². The molecule has 6 nitrogen and oxygen atoms in total. The van der Waals surface area contributed by atoms with Crippen LogP contribution in [0, 0.1) is 5.92 Å². The molecule has 1 aliphatic rings. The summed E-state index contributed by atoms with van der Waals surface area (Å²) in [5.41, 5.74) is 6.72. The lowest BCUT2D eigenvalue weighted by Crippen LogP contribution is -2.32. The second-order valence-electron chi connectivity index (χ2n) is 4.12. The Morgan fingerprint density at radius 1 is 1.59 bits per heavy atom. The van der Waals surface area contributed by atoms with Gasteiger partial charge in [0.25, 0.3) is 0 Å². The van der Waals surface area contributed by atoms with Crippen molar-refractivity contribution < 1.29 is 14.0 Å². The Bertz CT molecular complexity index is 478. The highest BCUT2D eigenvalue weighted by Crippen LogP contribution is 2.47. The molecule has 6 heteroatoms. The van der Waals surface area contributed by atoms with Crippen LogP contribution in [0.3, 0.4) is 0 Å². The number of carbonyl (C=O) groups is 2. The van der Waals surface area contributed by atoms with E-state index in [0.29, 0.717) is 17.6 Å². The van der Waals surface area contributed by atoms with Crippen molar-refractivity contribution in [2.75, 3.05) is 0 Å².